The maximum atomic E-state index is 12.0. The molecule has 5 nitrogen and oxygen atoms in total. The van der Waals surface area contributed by atoms with Gasteiger partial charge in [0, 0.05) is 24.6 Å². The highest BCUT2D eigenvalue weighted by Gasteiger charge is 2.22. The highest BCUT2D eigenvalue weighted by Crippen LogP contribution is 2.14. The summed E-state index contributed by atoms with van der Waals surface area (Å²) in [5.74, 6) is 1.37. The summed E-state index contributed by atoms with van der Waals surface area (Å²) in [4.78, 5) is 23.1. The van der Waals surface area contributed by atoms with Gasteiger partial charge in [-0.15, -0.1) is 12.4 Å². The minimum Gasteiger partial charge on any atom is -0.494 e. The molecule has 0 saturated carbocycles. The van der Waals surface area contributed by atoms with Gasteiger partial charge in [0.2, 0.25) is 5.91 Å². The van der Waals surface area contributed by atoms with E-state index in [2.05, 4.69) is 17.6 Å². The number of rotatable bonds is 7. The first kappa shape index (κ1) is 20.5. The maximum Gasteiger partial charge on any atom is 0.220 e. The van der Waals surface area contributed by atoms with Gasteiger partial charge in [0.05, 0.1) is 6.61 Å². The molecule has 2 atom stereocenters. The smallest absolute Gasteiger partial charge is 0.220 e. The van der Waals surface area contributed by atoms with E-state index in [1.807, 2.05) is 0 Å². The Hall–Kier alpha value is -1.59. The number of amides is 1. The topological polar surface area (TPSA) is 67.4 Å². The van der Waals surface area contributed by atoms with Crippen molar-refractivity contribution < 1.29 is 14.3 Å². The highest BCUT2D eigenvalue weighted by molar-refractivity contribution is 5.94. The van der Waals surface area contributed by atoms with Gasteiger partial charge in [-0.05, 0) is 56.5 Å². The molecule has 2 unspecified atom stereocenters. The first-order chi connectivity index (χ1) is 11.1. The van der Waals surface area contributed by atoms with Crippen LogP contribution in [0.4, 0.5) is 0 Å². The molecule has 6 heteroatoms. The van der Waals surface area contributed by atoms with Crippen LogP contribution in [0.2, 0.25) is 0 Å². The lowest BCUT2D eigenvalue weighted by atomic mass is 9.95. The van der Waals surface area contributed by atoms with Crippen molar-refractivity contribution in [2.75, 3.05) is 19.7 Å². The Morgan fingerprint density at radius 3 is 2.62 bits per heavy atom. The zero-order valence-electron chi connectivity index (χ0n) is 14.3. The van der Waals surface area contributed by atoms with Crippen LogP contribution in [0.1, 0.15) is 43.5 Å². The molecule has 1 aliphatic rings. The molecule has 0 aromatic heterocycles. The molecule has 1 aliphatic heterocycles. The van der Waals surface area contributed by atoms with Crippen LogP contribution in [0.5, 0.6) is 5.75 Å². The Labute approximate surface area is 149 Å². The van der Waals surface area contributed by atoms with Crippen molar-refractivity contribution in [2.45, 2.75) is 39.2 Å². The second-order valence-electron chi connectivity index (χ2n) is 6.18. The van der Waals surface area contributed by atoms with E-state index in [0.29, 0.717) is 30.9 Å². The van der Waals surface area contributed by atoms with E-state index in [4.69, 9.17) is 4.74 Å². The van der Waals surface area contributed by atoms with Crippen LogP contribution in [0.3, 0.4) is 0 Å². The Kier molecular flexibility index (Phi) is 8.79. The Morgan fingerprint density at radius 2 is 2.00 bits per heavy atom. The zero-order valence-corrected chi connectivity index (χ0v) is 15.2. The van der Waals surface area contributed by atoms with E-state index in [1.165, 1.54) is 6.92 Å². The number of carbonyl (C=O) groups is 2. The number of benzene rings is 1. The molecule has 2 rings (SSSR count). The summed E-state index contributed by atoms with van der Waals surface area (Å²) in [5.41, 5.74) is 0.673. The molecule has 0 aliphatic carbocycles. The van der Waals surface area contributed by atoms with E-state index >= 15 is 0 Å². The van der Waals surface area contributed by atoms with Crippen LogP contribution in [-0.4, -0.2) is 37.4 Å². The van der Waals surface area contributed by atoms with Crippen molar-refractivity contribution in [3.63, 3.8) is 0 Å². The largest absolute Gasteiger partial charge is 0.494 e. The first-order valence-electron chi connectivity index (χ1n) is 8.30. The van der Waals surface area contributed by atoms with Crippen LogP contribution in [0, 0.1) is 5.92 Å². The molecule has 1 amide bonds. The van der Waals surface area contributed by atoms with Crippen LogP contribution < -0.4 is 15.4 Å². The first-order valence-corrected chi connectivity index (χ1v) is 8.30. The van der Waals surface area contributed by atoms with Gasteiger partial charge < -0.3 is 15.4 Å². The fraction of sp³-hybridized carbons (Fsp3) is 0.556. The van der Waals surface area contributed by atoms with Crippen LogP contribution in [-0.2, 0) is 4.79 Å². The SMILES string of the molecule is CC(=O)c1ccc(OCCCC(=O)NC2CNCCC2C)cc1.Cl. The summed E-state index contributed by atoms with van der Waals surface area (Å²) >= 11 is 0. The summed E-state index contributed by atoms with van der Waals surface area (Å²) in [7, 11) is 0. The van der Waals surface area contributed by atoms with Gasteiger partial charge in [-0.25, -0.2) is 0 Å². The second-order valence-corrected chi connectivity index (χ2v) is 6.18. The Balaban J connectivity index is 0.00000288. The zero-order chi connectivity index (χ0) is 16.7. The summed E-state index contributed by atoms with van der Waals surface area (Å²) in [6.45, 7) is 6.10. The normalized spacial score (nSPS) is 19.9. The van der Waals surface area contributed by atoms with Crippen molar-refractivity contribution in [2.24, 2.45) is 5.92 Å². The lowest BCUT2D eigenvalue weighted by Gasteiger charge is -2.30. The molecule has 134 valence electrons. The molecule has 1 aromatic carbocycles. The maximum absolute atomic E-state index is 12.0. The standard InChI is InChI=1S/C18H26N2O3.ClH/c1-13-9-10-19-12-17(13)20-18(22)4-3-11-23-16-7-5-15(6-8-16)14(2)21;/h5-8,13,17,19H,3-4,9-12H2,1-2H3,(H,20,22);1H. The predicted octanol–water partition coefficient (Wildman–Crippen LogP) is 2.58. The van der Waals surface area contributed by atoms with Crippen molar-refractivity contribution >= 4 is 24.1 Å². The molecular formula is C18H27ClN2O3. The molecule has 1 heterocycles. The van der Waals surface area contributed by atoms with E-state index in [0.717, 1.165) is 25.3 Å². The third kappa shape index (κ3) is 6.49. The van der Waals surface area contributed by atoms with E-state index in [-0.39, 0.29) is 30.1 Å². The summed E-state index contributed by atoms with van der Waals surface area (Å²) in [6.07, 6.45) is 2.24. The fourth-order valence-corrected chi connectivity index (χ4v) is 2.67. The minimum absolute atomic E-state index is 0. The van der Waals surface area contributed by atoms with Crippen LogP contribution in [0.15, 0.2) is 24.3 Å². The molecule has 1 aromatic rings. The average molecular weight is 355 g/mol. The second kappa shape index (κ2) is 10.3. The van der Waals surface area contributed by atoms with Gasteiger partial charge >= 0.3 is 0 Å². The minimum atomic E-state index is 0. The lowest BCUT2D eigenvalue weighted by Crippen LogP contribution is -2.50. The number of piperidine rings is 1. The van der Waals surface area contributed by atoms with Gasteiger partial charge in [-0.3, -0.25) is 9.59 Å². The number of halogens is 1. The van der Waals surface area contributed by atoms with Crippen molar-refractivity contribution in [1.82, 2.24) is 10.6 Å². The predicted molar refractivity (Wildman–Crippen MR) is 97.0 cm³/mol. The number of nitrogens with one attached hydrogen (secondary N) is 2. The fourth-order valence-electron chi connectivity index (χ4n) is 2.67. The van der Waals surface area contributed by atoms with E-state index < -0.39 is 0 Å². The summed E-state index contributed by atoms with van der Waals surface area (Å²) in [5, 5.41) is 6.40. The molecular weight excluding hydrogens is 328 g/mol. The molecule has 24 heavy (non-hydrogen) atoms. The third-order valence-electron chi connectivity index (χ3n) is 4.25. The number of Topliss-reactive ketones (excluding diaryl/α,β-unsaturated/α-hetero) is 1. The van der Waals surface area contributed by atoms with Gasteiger partial charge in [0.1, 0.15) is 5.75 Å². The number of hydrogen-bond donors (Lipinski definition) is 2. The van der Waals surface area contributed by atoms with Crippen molar-refractivity contribution in [3.05, 3.63) is 29.8 Å². The number of carbonyl (C=O) groups excluding carboxylic acids is 2. The number of hydrogen-bond acceptors (Lipinski definition) is 4. The quantitative estimate of drug-likeness (QED) is 0.583. The van der Waals surface area contributed by atoms with Crippen LogP contribution >= 0.6 is 12.4 Å². The average Bonchev–Trinajstić information content (AvgIpc) is 2.54. The third-order valence-corrected chi connectivity index (χ3v) is 4.25. The summed E-state index contributed by atoms with van der Waals surface area (Å²) in [6, 6.07) is 7.30. The van der Waals surface area contributed by atoms with Crippen molar-refractivity contribution in [1.29, 1.82) is 0 Å². The van der Waals surface area contributed by atoms with E-state index in [9.17, 15) is 9.59 Å². The van der Waals surface area contributed by atoms with E-state index in [1.54, 1.807) is 24.3 Å². The highest BCUT2D eigenvalue weighted by atomic mass is 35.5. The number of ketones is 1. The monoisotopic (exact) mass is 354 g/mol. The Bertz CT molecular complexity index is 534. The molecule has 1 saturated heterocycles. The summed E-state index contributed by atoms with van der Waals surface area (Å²) < 4.78 is 5.60. The van der Waals surface area contributed by atoms with Crippen molar-refractivity contribution in [3.8, 4) is 5.75 Å². The molecule has 2 N–H and O–H groups in total. The Morgan fingerprint density at radius 1 is 1.29 bits per heavy atom. The molecule has 0 spiro atoms. The van der Waals surface area contributed by atoms with Gasteiger partial charge in [-0.1, -0.05) is 6.92 Å². The molecule has 1 fully saturated rings. The lowest BCUT2D eigenvalue weighted by molar-refractivity contribution is -0.122. The van der Waals surface area contributed by atoms with Gasteiger partial charge in [-0.2, -0.15) is 0 Å². The molecule has 0 radical (unpaired) electrons. The van der Waals surface area contributed by atoms with Crippen LogP contribution in [0.25, 0.3) is 0 Å². The number of ether oxygens (including phenoxy) is 1. The molecule has 0 bridgehead atoms. The van der Waals surface area contributed by atoms with Gasteiger partial charge in [0.25, 0.3) is 0 Å². The van der Waals surface area contributed by atoms with Gasteiger partial charge in [0.15, 0.2) is 5.78 Å².